The van der Waals surface area contributed by atoms with Crippen molar-refractivity contribution < 1.29 is 12.8 Å². The molecule has 0 unspecified atom stereocenters. The lowest BCUT2D eigenvalue weighted by atomic mass is 10.1. The summed E-state index contributed by atoms with van der Waals surface area (Å²) in [5.41, 5.74) is 0.338. The van der Waals surface area contributed by atoms with Crippen molar-refractivity contribution in [3.05, 3.63) is 35.1 Å². The van der Waals surface area contributed by atoms with E-state index in [4.69, 9.17) is 5.26 Å². The van der Waals surface area contributed by atoms with Crippen LogP contribution in [0.3, 0.4) is 0 Å². The van der Waals surface area contributed by atoms with Crippen LogP contribution in [0.15, 0.2) is 18.2 Å². The molecule has 0 aliphatic rings. The van der Waals surface area contributed by atoms with E-state index in [1.54, 1.807) is 32.0 Å². The maximum atomic E-state index is 13.7. The Morgan fingerprint density at radius 2 is 2.05 bits per heavy atom. The summed E-state index contributed by atoms with van der Waals surface area (Å²) < 4.78 is 35.8. The quantitative estimate of drug-likeness (QED) is 0.892. The molecule has 0 heterocycles. The molecule has 0 fully saturated rings. The molecule has 1 N–H and O–H groups in total. The highest BCUT2D eigenvalue weighted by Crippen LogP contribution is 2.15. The highest BCUT2D eigenvalue weighted by Gasteiger charge is 2.29. The van der Waals surface area contributed by atoms with E-state index in [1.807, 2.05) is 0 Å². The highest BCUT2D eigenvalue weighted by molar-refractivity contribution is 7.92. The summed E-state index contributed by atoms with van der Waals surface area (Å²) in [7, 11) is -3.19. The van der Waals surface area contributed by atoms with Crippen LogP contribution in [-0.2, 0) is 16.4 Å². The second kappa shape index (κ2) is 5.68. The van der Waals surface area contributed by atoms with Crippen molar-refractivity contribution in [1.29, 1.82) is 5.26 Å². The molecule has 0 atom stereocenters. The third-order valence-electron chi connectivity index (χ3n) is 3.07. The average molecular weight is 284 g/mol. The Morgan fingerprint density at radius 3 is 2.58 bits per heavy atom. The Kier molecular flexibility index (Phi) is 4.66. The molecule has 4 nitrogen and oxygen atoms in total. The van der Waals surface area contributed by atoms with Gasteiger partial charge in [-0.15, -0.1) is 0 Å². The Hall–Kier alpha value is -1.45. The average Bonchev–Trinajstić information content (AvgIpc) is 2.29. The molecule has 0 aliphatic carbocycles. The topological polar surface area (TPSA) is 70.0 Å². The van der Waals surface area contributed by atoms with E-state index in [1.165, 1.54) is 12.3 Å². The highest BCUT2D eigenvalue weighted by atomic mass is 32.2. The first-order valence-corrected chi connectivity index (χ1v) is 7.66. The molecule has 1 rings (SSSR count). The van der Waals surface area contributed by atoms with Gasteiger partial charge in [-0.05, 0) is 19.9 Å². The van der Waals surface area contributed by atoms with E-state index in [2.05, 4.69) is 5.32 Å². The van der Waals surface area contributed by atoms with Gasteiger partial charge in [0.25, 0.3) is 0 Å². The molecular formula is C13H17FN2O2S. The van der Waals surface area contributed by atoms with Crippen molar-refractivity contribution in [3.63, 3.8) is 0 Å². The molecule has 0 radical (unpaired) electrons. The molecular weight excluding hydrogens is 267 g/mol. The maximum Gasteiger partial charge on any atom is 0.153 e. The first-order valence-electron chi connectivity index (χ1n) is 5.77. The molecule has 0 amide bonds. The van der Waals surface area contributed by atoms with Gasteiger partial charge in [0, 0.05) is 24.9 Å². The molecule has 0 spiro atoms. The van der Waals surface area contributed by atoms with Crippen molar-refractivity contribution in [3.8, 4) is 6.07 Å². The molecule has 0 saturated heterocycles. The van der Waals surface area contributed by atoms with Crippen molar-refractivity contribution in [2.75, 3.05) is 12.8 Å². The van der Waals surface area contributed by atoms with Crippen LogP contribution in [-0.4, -0.2) is 26.0 Å². The van der Waals surface area contributed by atoms with E-state index >= 15 is 0 Å². The van der Waals surface area contributed by atoms with Crippen LogP contribution in [0.2, 0.25) is 0 Å². The summed E-state index contributed by atoms with van der Waals surface area (Å²) in [6.07, 6.45) is 1.17. The minimum atomic E-state index is -3.19. The van der Waals surface area contributed by atoms with Crippen LogP contribution < -0.4 is 5.32 Å². The number of sulfone groups is 1. The predicted octanol–water partition coefficient (Wildman–Crippen LogP) is 1.61. The van der Waals surface area contributed by atoms with Crippen LogP contribution in [0.25, 0.3) is 0 Å². The second-order valence-corrected chi connectivity index (χ2v) is 7.68. The van der Waals surface area contributed by atoms with E-state index < -0.39 is 20.4 Å². The van der Waals surface area contributed by atoms with Gasteiger partial charge in [0.15, 0.2) is 9.84 Å². The Bertz CT molecular complexity index is 604. The Morgan fingerprint density at radius 1 is 1.42 bits per heavy atom. The van der Waals surface area contributed by atoms with Crippen molar-refractivity contribution in [2.45, 2.75) is 25.1 Å². The van der Waals surface area contributed by atoms with Crippen molar-refractivity contribution >= 4 is 9.84 Å². The van der Waals surface area contributed by atoms with E-state index in [0.717, 1.165) is 0 Å². The van der Waals surface area contributed by atoms with Crippen LogP contribution in [0.5, 0.6) is 0 Å². The minimum absolute atomic E-state index is 0.0123. The largest absolute Gasteiger partial charge is 0.311 e. The Labute approximate surface area is 113 Å². The summed E-state index contributed by atoms with van der Waals surface area (Å²) >= 11 is 0. The SMILES string of the molecule is CC(C)(CNCc1cccc(C#N)c1F)S(C)(=O)=O. The van der Waals surface area contributed by atoms with Crippen molar-refractivity contribution in [2.24, 2.45) is 0 Å². The predicted molar refractivity (Wildman–Crippen MR) is 71.7 cm³/mol. The number of benzene rings is 1. The number of nitriles is 1. The Balaban J connectivity index is 2.73. The lowest BCUT2D eigenvalue weighted by molar-refractivity contribution is 0.514. The van der Waals surface area contributed by atoms with Crippen LogP contribution in [0.4, 0.5) is 4.39 Å². The fraction of sp³-hybridized carbons (Fsp3) is 0.462. The third kappa shape index (κ3) is 3.75. The summed E-state index contributed by atoms with van der Waals surface area (Å²) in [4.78, 5) is 0. The molecule has 6 heteroatoms. The van der Waals surface area contributed by atoms with Crippen LogP contribution in [0, 0.1) is 17.1 Å². The zero-order chi connectivity index (χ0) is 14.7. The normalized spacial score (nSPS) is 12.2. The molecule has 0 saturated carbocycles. The lowest BCUT2D eigenvalue weighted by Crippen LogP contribution is -2.41. The van der Waals surface area contributed by atoms with E-state index in [-0.39, 0.29) is 18.7 Å². The molecule has 0 aliphatic heterocycles. The van der Waals surface area contributed by atoms with Gasteiger partial charge in [-0.1, -0.05) is 12.1 Å². The maximum absolute atomic E-state index is 13.7. The van der Waals surface area contributed by atoms with Gasteiger partial charge in [0.1, 0.15) is 11.9 Å². The molecule has 0 bridgehead atoms. The zero-order valence-electron chi connectivity index (χ0n) is 11.2. The summed E-state index contributed by atoms with van der Waals surface area (Å²) in [6, 6.07) is 6.33. The van der Waals surface area contributed by atoms with Gasteiger partial charge >= 0.3 is 0 Å². The van der Waals surface area contributed by atoms with Gasteiger partial charge in [0.05, 0.1) is 10.3 Å². The molecule has 0 aromatic heterocycles. The number of halogens is 1. The van der Waals surface area contributed by atoms with Gasteiger partial charge in [-0.25, -0.2) is 12.8 Å². The number of hydrogen-bond acceptors (Lipinski definition) is 4. The first kappa shape index (κ1) is 15.6. The van der Waals surface area contributed by atoms with Gasteiger partial charge in [-0.3, -0.25) is 0 Å². The fourth-order valence-corrected chi connectivity index (χ4v) is 1.80. The standard InChI is InChI=1S/C13H17FN2O2S/c1-13(2,19(3,17)18)9-16-8-11-6-4-5-10(7-15)12(11)14/h4-6,16H,8-9H2,1-3H3. The van der Waals surface area contributed by atoms with Crippen LogP contribution in [0.1, 0.15) is 25.0 Å². The number of nitrogens with one attached hydrogen (secondary N) is 1. The summed E-state index contributed by atoms with van der Waals surface area (Å²) in [5.74, 6) is -0.560. The minimum Gasteiger partial charge on any atom is -0.311 e. The van der Waals surface area contributed by atoms with Gasteiger partial charge in [0.2, 0.25) is 0 Å². The van der Waals surface area contributed by atoms with Gasteiger partial charge in [-0.2, -0.15) is 5.26 Å². The monoisotopic (exact) mass is 284 g/mol. The summed E-state index contributed by atoms with van der Waals surface area (Å²) in [5, 5.41) is 11.6. The number of hydrogen-bond donors (Lipinski definition) is 1. The van der Waals surface area contributed by atoms with Crippen molar-refractivity contribution in [1.82, 2.24) is 5.32 Å². The van der Waals surface area contributed by atoms with E-state index in [0.29, 0.717) is 5.56 Å². The third-order valence-corrected chi connectivity index (χ3v) is 5.22. The van der Waals surface area contributed by atoms with Gasteiger partial charge < -0.3 is 5.32 Å². The summed E-state index contributed by atoms with van der Waals surface area (Å²) in [6.45, 7) is 3.61. The second-order valence-electron chi connectivity index (χ2n) is 5.03. The molecule has 1 aromatic carbocycles. The number of nitrogens with zero attached hydrogens (tertiary/aromatic N) is 1. The van der Waals surface area contributed by atoms with E-state index in [9.17, 15) is 12.8 Å². The molecule has 1 aromatic rings. The lowest BCUT2D eigenvalue weighted by Gasteiger charge is -2.22. The first-order chi connectivity index (χ1) is 8.69. The molecule has 19 heavy (non-hydrogen) atoms. The smallest absolute Gasteiger partial charge is 0.153 e. The van der Waals surface area contributed by atoms with Crippen LogP contribution >= 0.6 is 0 Å². The molecule has 104 valence electrons. The number of rotatable bonds is 5. The fourth-order valence-electron chi connectivity index (χ4n) is 1.43. The zero-order valence-corrected chi connectivity index (χ0v) is 12.0.